The molecule has 0 aliphatic carbocycles. The molecule has 1 aliphatic rings. The number of carbonyl (C=O) groups excluding carboxylic acids is 1. The van der Waals surface area contributed by atoms with Crippen molar-refractivity contribution < 1.29 is 4.79 Å². The van der Waals surface area contributed by atoms with E-state index in [9.17, 15) is 4.79 Å². The van der Waals surface area contributed by atoms with Crippen LogP contribution in [0.15, 0.2) is 0 Å². The molecule has 0 radical (unpaired) electrons. The van der Waals surface area contributed by atoms with Crippen LogP contribution in [0.25, 0.3) is 0 Å². The molecule has 0 saturated carbocycles. The Labute approximate surface area is 97.8 Å². The molecule has 2 N–H and O–H groups in total. The van der Waals surface area contributed by atoms with E-state index in [-0.39, 0.29) is 11.4 Å². The van der Waals surface area contributed by atoms with Crippen LogP contribution in [0.5, 0.6) is 0 Å². The van der Waals surface area contributed by atoms with Gasteiger partial charge < -0.3 is 10.6 Å². The zero-order valence-corrected chi connectivity index (χ0v) is 10.4. The summed E-state index contributed by atoms with van der Waals surface area (Å²) >= 11 is 0. The van der Waals surface area contributed by atoms with Gasteiger partial charge in [-0.25, -0.2) is 0 Å². The number of terminal acetylenes is 1. The zero-order chi connectivity index (χ0) is 12.3. The minimum Gasteiger partial charge on any atom is -0.338 e. The summed E-state index contributed by atoms with van der Waals surface area (Å²) in [5.41, 5.74) is 5.74. The fourth-order valence-electron chi connectivity index (χ4n) is 1.88. The van der Waals surface area contributed by atoms with Crippen molar-refractivity contribution in [3.05, 3.63) is 0 Å². The molecule has 0 bridgehead atoms. The second-order valence-electron chi connectivity index (χ2n) is 5.01. The van der Waals surface area contributed by atoms with Crippen LogP contribution in [-0.2, 0) is 4.79 Å². The highest BCUT2D eigenvalue weighted by atomic mass is 16.2. The Morgan fingerprint density at radius 2 is 2.19 bits per heavy atom. The Kier molecular flexibility index (Phi) is 3.95. The first-order valence-corrected chi connectivity index (χ1v) is 5.57. The zero-order valence-electron chi connectivity index (χ0n) is 10.4. The van der Waals surface area contributed by atoms with Gasteiger partial charge in [-0.1, -0.05) is 0 Å². The summed E-state index contributed by atoms with van der Waals surface area (Å²) in [5, 5.41) is 0. The number of amides is 1. The molecule has 0 aromatic rings. The van der Waals surface area contributed by atoms with Crippen LogP contribution < -0.4 is 5.73 Å². The van der Waals surface area contributed by atoms with Crippen molar-refractivity contribution >= 4 is 5.91 Å². The number of piperazine rings is 1. The van der Waals surface area contributed by atoms with Crippen LogP contribution in [-0.4, -0.2) is 54.0 Å². The molecule has 1 unspecified atom stereocenters. The normalized spacial score (nSPS) is 22.6. The molecule has 90 valence electrons. The highest BCUT2D eigenvalue weighted by molar-refractivity contribution is 5.82. The summed E-state index contributed by atoms with van der Waals surface area (Å²) in [7, 11) is 2.07. The van der Waals surface area contributed by atoms with Crippen LogP contribution in [0, 0.1) is 12.3 Å². The number of nitrogens with two attached hydrogens (primary N) is 1. The van der Waals surface area contributed by atoms with E-state index >= 15 is 0 Å². The van der Waals surface area contributed by atoms with E-state index in [1.165, 1.54) is 0 Å². The fourth-order valence-corrected chi connectivity index (χ4v) is 1.88. The van der Waals surface area contributed by atoms with E-state index in [1.54, 1.807) is 0 Å². The summed E-state index contributed by atoms with van der Waals surface area (Å²) in [5.74, 6) is 2.41. The Bertz CT molecular complexity index is 306. The summed E-state index contributed by atoms with van der Waals surface area (Å²) < 4.78 is 0. The second kappa shape index (κ2) is 4.86. The lowest BCUT2D eigenvalue weighted by atomic mass is 9.99. The van der Waals surface area contributed by atoms with Crippen molar-refractivity contribution in [3.63, 3.8) is 0 Å². The highest BCUT2D eigenvalue weighted by Gasteiger charge is 2.34. The fraction of sp³-hybridized carbons (Fsp3) is 0.750. The van der Waals surface area contributed by atoms with Gasteiger partial charge in [-0.05, 0) is 20.9 Å². The maximum Gasteiger partial charge on any atom is 0.240 e. The molecule has 1 aliphatic heterocycles. The van der Waals surface area contributed by atoms with Gasteiger partial charge in [0.25, 0.3) is 0 Å². The lowest BCUT2D eigenvalue weighted by Gasteiger charge is -2.45. The lowest BCUT2D eigenvalue weighted by Crippen LogP contribution is -2.61. The van der Waals surface area contributed by atoms with Crippen molar-refractivity contribution in [2.24, 2.45) is 5.73 Å². The molecular weight excluding hydrogens is 202 g/mol. The predicted molar refractivity (Wildman–Crippen MR) is 64.7 cm³/mol. The van der Waals surface area contributed by atoms with Gasteiger partial charge >= 0.3 is 0 Å². The summed E-state index contributed by atoms with van der Waals surface area (Å²) in [4.78, 5) is 16.0. The third-order valence-corrected chi connectivity index (χ3v) is 3.28. The molecule has 1 heterocycles. The molecule has 16 heavy (non-hydrogen) atoms. The molecule has 1 amide bonds. The lowest BCUT2D eigenvalue weighted by molar-refractivity contribution is -0.137. The topological polar surface area (TPSA) is 49.6 Å². The van der Waals surface area contributed by atoms with Crippen LogP contribution in [0.4, 0.5) is 0 Å². The predicted octanol–water partition coefficient (Wildman–Crippen LogP) is -0.110. The molecule has 1 atom stereocenters. The van der Waals surface area contributed by atoms with E-state index in [0.717, 1.165) is 13.1 Å². The van der Waals surface area contributed by atoms with Gasteiger partial charge in [-0.2, -0.15) is 0 Å². The molecule has 1 rings (SSSR count). The van der Waals surface area contributed by atoms with Crippen molar-refractivity contribution in [3.8, 4) is 12.3 Å². The van der Waals surface area contributed by atoms with E-state index < -0.39 is 6.04 Å². The third kappa shape index (κ3) is 2.75. The monoisotopic (exact) mass is 223 g/mol. The van der Waals surface area contributed by atoms with E-state index in [2.05, 4.69) is 31.7 Å². The molecule has 0 aromatic heterocycles. The van der Waals surface area contributed by atoms with Crippen LogP contribution in [0.3, 0.4) is 0 Å². The first-order chi connectivity index (χ1) is 7.38. The van der Waals surface area contributed by atoms with Gasteiger partial charge in [-0.3, -0.25) is 9.69 Å². The van der Waals surface area contributed by atoms with Crippen LogP contribution in [0.1, 0.15) is 20.3 Å². The summed E-state index contributed by atoms with van der Waals surface area (Å²) in [6, 6.07) is -0.552. The Balaban J connectivity index is 2.63. The first-order valence-electron chi connectivity index (χ1n) is 5.57. The maximum absolute atomic E-state index is 12.0. The maximum atomic E-state index is 12.0. The summed E-state index contributed by atoms with van der Waals surface area (Å²) in [6.45, 7) is 6.57. The standard InChI is InChI=1S/C12H21N3O/c1-5-6-10(13)11(16)15-8-7-14(4)12(2,3)9-15/h1,10H,6-9,13H2,2-4H3. The average Bonchev–Trinajstić information content (AvgIpc) is 2.21. The van der Waals surface area contributed by atoms with Gasteiger partial charge in [0.2, 0.25) is 5.91 Å². The van der Waals surface area contributed by atoms with E-state index in [0.29, 0.717) is 13.0 Å². The Morgan fingerprint density at radius 3 is 2.69 bits per heavy atom. The van der Waals surface area contributed by atoms with Crippen molar-refractivity contribution in [2.75, 3.05) is 26.7 Å². The number of rotatable bonds is 2. The smallest absolute Gasteiger partial charge is 0.240 e. The molecular formula is C12H21N3O. The largest absolute Gasteiger partial charge is 0.338 e. The van der Waals surface area contributed by atoms with Crippen molar-refractivity contribution in [1.29, 1.82) is 0 Å². The number of likely N-dealkylation sites (N-methyl/N-ethyl adjacent to an activating group) is 1. The molecule has 1 fully saturated rings. The Hall–Kier alpha value is -1.05. The quantitative estimate of drug-likeness (QED) is 0.665. The molecule has 4 heteroatoms. The van der Waals surface area contributed by atoms with E-state index in [1.807, 2.05) is 4.90 Å². The highest BCUT2D eigenvalue weighted by Crippen LogP contribution is 2.19. The summed E-state index contributed by atoms with van der Waals surface area (Å²) in [6.07, 6.45) is 5.47. The van der Waals surface area contributed by atoms with Gasteiger partial charge in [-0.15, -0.1) is 12.3 Å². The molecule has 1 saturated heterocycles. The SMILES string of the molecule is C#CCC(N)C(=O)N1CCN(C)C(C)(C)C1. The molecule has 4 nitrogen and oxygen atoms in total. The van der Waals surface area contributed by atoms with Gasteiger partial charge in [0.05, 0.1) is 6.04 Å². The van der Waals surface area contributed by atoms with Crippen LogP contribution >= 0.6 is 0 Å². The van der Waals surface area contributed by atoms with Crippen molar-refractivity contribution in [2.45, 2.75) is 31.8 Å². The van der Waals surface area contributed by atoms with Crippen LogP contribution in [0.2, 0.25) is 0 Å². The molecule has 0 aromatic carbocycles. The first kappa shape index (κ1) is 13.0. The number of carbonyl (C=O) groups is 1. The van der Waals surface area contributed by atoms with Gasteiger partial charge in [0.15, 0.2) is 0 Å². The minimum atomic E-state index is -0.552. The number of hydrogen-bond acceptors (Lipinski definition) is 3. The second-order valence-corrected chi connectivity index (χ2v) is 5.01. The number of hydrogen-bond donors (Lipinski definition) is 1. The van der Waals surface area contributed by atoms with E-state index in [4.69, 9.17) is 12.2 Å². The van der Waals surface area contributed by atoms with Crippen molar-refractivity contribution in [1.82, 2.24) is 9.80 Å². The minimum absolute atomic E-state index is 0.00374. The number of nitrogens with zero attached hydrogens (tertiary/aromatic N) is 2. The van der Waals surface area contributed by atoms with Gasteiger partial charge in [0.1, 0.15) is 0 Å². The third-order valence-electron chi connectivity index (χ3n) is 3.28. The van der Waals surface area contributed by atoms with Gasteiger partial charge in [0, 0.05) is 31.6 Å². The molecule has 0 spiro atoms. The Morgan fingerprint density at radius 1 is 1.56 bits per heavy atom. The average molecular weight is 223 g/mol.